The van der Waals surface area contributed by atoms with Crippen LogP contribution < -0.4 is 21.5 Å². The van der Waals surface area contributed by atoms with E-state index in [4.69, 9.17) is 34.8 Å². The van der Waals surface area contributed by atoms with Gasteiger partial charge in [0.05, 0.1) is 11.3 Å². The summed E-state index contributed by atoms with van der Waals surface area (Å²) >= 11 is 19.1. The van der Waals surface area contributed by atoms with Gasteiger partial charge in [-0.05, 0) is 44.4 Å². The average Bonchev–Trinajstić information content (AvgIpc) is 3.04. The highest BCUT2D eigenvalue weighted by atomic mass is 35.5. The number of alkyl halides is 6. The Bertz CT molecular complexity index is 698. The first-order valence-electron chi connectivity index (χ1n) is 11.1. The minimum Gasteiger partial charge on any atom is -0.352 e. The van der Waals surface area contributed by atoms with Gasteiger partial charge in [0.1, 0.15) is 12.2 Å². The van der Waals surface area contributed by atoms with Gasteiger partial charge in [0.15, 0.2) is 5.96 Å². The van der Waals surface area contributed by atoms with Crippen LogP contribution in [0.25, 0.3) is 0 Å². The standard InChI is InChI=1S/C20H31Cl3F3N5O/c1-9-3-6-15(14(23)7-9)27-19(28-17-10(2)16(30-31-17)20(24,25)26)29-18(32)12-5-4-11(21)8-13(12)22/h9-17,30-31H,3-8H2,1-2H3,(H2,27,28,29,32). The Labute approximate surface area is 201 Å². The molecule has 4 N–H and O–H groups in total. The molecular formula is C20H31Cl3F3N5O. The molecule has 6 nitrogen and oxygen atoms in total. The third kappa shape index (κ3) is 6.56. The quantitative estimate of drug-likeness (QED) is 0.259. The molecule has 1 saturated heterocycles. The van der Waals surface area contributed by atoms with Gasteiger partial charge in [0.2, 0.25) is 5.91 Å². The van der Waals surface area contributed by atoms with Crippen molar-refractivity contribution in [2.45, 2.75) is 92.9 Å². The molecule has 3 aliphatic rings. The first-order valence-corrected chi connectivity index (χ1v) is 12.4. The van der Waals surface area contributed by atoms with Crippen LogP contribution in [0.15, 0.2) is 4.99 Å². The monoisotopic (exact) mass is 519 g/mol. The number of rotatable bonds is 3. The van der Waals surface area contributed by atoms with E-state index < -0.39 is 35.6 Å². The van der Waals surface area contributed by atoms with Crippen molar-refractivity contribution in [1.82, 2.24) is 21.5 Å². The molecule has 2 saturated carbocycles. The summed E-state index contributed by atoms with van der Waals surface area (Å²) in [6.07, 6.45) is -1.03. The zero-order chi connectivity index (χ0) is 23.6. The Morgan fingerprint density at radius 2 is 1.72 bits per heavy atom. The summed E-state index contributed by atoms with van der Waals surface area (Å²) in [5, 5.41) is 5.31. The highest BCUT2D eigenvalue weighted by molar-refractivity contribution is 6.25. The van der Waals surface area contributed by atoms with Gasteiger partial charge in [-0.25, -0.2) is 15.8 Å². The first-order chi connectivity index (χ1) is 15.0. The molecule has 1 aliphatic heterocycles. The second kappa shape index (κ2) is 10.8. The molecule has 184 valence electrons. The smallest absolute Gasteiger partial charge is 0.352 e. The molecule has 1 heterocycles. The number of nitrogens with one attached hydrogen (secondary N) is 4. The van der Waals surface area contributed by atoms with Crippen molar-refractivity contribution in [3.05, 3.63) is 0 Å². The maximum atomic E-state index is 13.2. The molecule has 1 amide bonds. The Balaban J connectivity index is 1.75. The molecule has 3 fully saturated rings. The average molecular weight is 521 g/mol. The highest BCUT2D eigenvalue weighted by Gasteiger charge is 2.49. The fourth-order valence-electron chi connectivity index (χ4n) is 4.62. The summed E-state index contributed by atoms with van der Waals surface area (Å²) in [6.45, 7) is 3.59. The number of guanidine groups is 1. The lowest BCUT2D eigenvalue weighted by atomic mass is 9.87. The van der Waals surface area contributed by atoms with Crippen molar-refractivity contribution in [3.63, 3.8) is 0 Å². The van der Waals surface area contributed by atoms with E-state index in [1.54, 1.807) is 0 Å². The van der Waals surface area contributed by atoms with E-state index in [2.05, 4.69) is 33.4 Å². The van der Waals surface area contributed by atoms with Gasteiger partial charge in [-0.1, -0.05) is 13.8 Å². The van der Waals surface area contributed by atoms with Crippen LogP contribution in [0.5, 0.6) is 0 Å². The lowest BCUT2D eigenvalue weighted by Crippen LogP contribution is -2.53. The van der Waals surface area contributed by atoms with E-state index in [-0.39, 0.29) is 28.7 Å². The molecule has 0 aromatic heterocycles. The number of hydrogen-bond donors (Lipinski definition) is 4. The van der Waals surface area contributed by atoms with E-state index >= 15 is 0 Å². The van der Waals surface area contributed by atoms with Gasteiger partial charge < -0.3 is 5.32 Å². The van der Waals surface area contributed by atoms with Crippen LogP contribution in [-0.4, -0.2) is 52.4 Å². The van der Waals surface area contributed by atoms with Gasteiger partial charge in [0, 0.05) is 22.7 Å². The fraction of sp³-hybridized carbons (Fsp3) is 0.900. The number of aliphatic imine (C=N–C) groups is 1. The number of hydrazine groups is 1. The van der Waals surface area contributed by atoms with Crippen molar-refractivity contribution in [3.8, 4) is 0 Å². The van der Waals surface area contributed by atoms with Crippen LogP contribution in [0, 0.1) is 17.8 Å². The van der Waals surface area contributed by atoms with Gasteiger partial charge in [-0.15, -0.1) is 34.8 Å². The Morgan fingerprint density at radius 1 is 1.00 bits per heavy atom. The third-order valence-electron chi connectivity index (χ3n) is 6.67. The molecule has 32 heavy (non-hydrogen) atoms. The molecule has 12 heteroatoms. The molecule has 0 bridgehead atoms. The van der Waals surface area contributed by atoms with Gasteiger partial charge in [-0.3, -0.25) is 10.1 Å². The van der Waals surface area contributed by atoms with Crippen molar-refractivity contribution in [1.29, 1.82) is 0 Å². The SMILES string of the molecule is CC1CCC(N/C(=N/C2NNC(C(F)(F)F)C2C)NC(=O)C2CCC(Cl)CC2Cl)C(Cl)C1. The molecular weight excluding hydrogens is 490 g/mol. The summed E-state index contributed by atoms with van der Waals surface area (Å²) in [7, 11) is 0. The van der Waals surface area contributed by atoms with E-state index in [1.807, 2.05) is 0 Å². The Hall–Kier alpha value is -0.480. The van der Waals surface area contributed by atoms with E-state index in [1.165, 1.54) is 6.92 Å². The number of carbonyl (C=O) groups is 1. The van der Waals surface area contributed by atoms with E-state index in [0.29, 0.717) is 25.2 Å². The fourth-order valence-corrected chi connectivity index (χ4v) is 5.97. The molecule has 2 aliphatic carbocycles. The van der Waals surface area contributed by atoms with Crippen LogP contribution >= 0.6 is 34.8 Å². The van der Waals surface area contributed by atoms with Crippen LogP contribution in [0.1, 0.15) is 52.4 Å². The molecule has 9 unspecified atom stereocenters. The predicted molar refractivity (Wildman–Crippen MR) is 121 cm³/mol. The molecule has 0 spiro atoms. The van der Waals surface area contributed by atoms with E-state index in [9.17, 15) is 18.0 Å². The van der Waals surface area contributed by atoms with Crippen molar-refractivity contribution in [2.24, 2.45) is 22.7 Å². The van der Waals surface area contributed by atoms with E-state index in [0.717, 1.165) is 19.3 Å². The Morgan fingerprint density at radius 3 is 2.31 bits per heavy atom. The second-order valence-corrected chi connectivity index (χ2v) is 11.0. The minimum atomic E-state index is -4.42. The van der Waals surface area contributed by atoms with Crippen LogP contribution in [0.4, 0.5) is 13.2 Å². The van der Waals surface area contributed by atoms with Crippen molar-refractivity contribution in [2.75, 3.05) is 0 Å². The number of carbonyl (C=O) groups excluding carboxylic acids is 1. The van der Waals surface area contributed by atoms with Crippen LogP contribution in [-0.2, 0) is 4.79 Å². The predicted octanol–water partition coefficient (Wildman–Crippen LogP) is 3.86. The maximum Gasteiger partial charge on any atom is 0.405 e. The third-order valence-corrected chi connectivity index (χ3v) is 8.04. The summed E-state index contributed by atoms with van der Waals surface area (Å²) in [5.74, 6) is -1.05. The molecule has 0 aromatic carbocycles. The van der Waals surface area contributed by atoms with Crippen molar-refractivity contribution >= 4 is 46.7 Å². The number of amides is 1. The lowest BCUT2D eigenvalue weighted by molar-refractivity contribution is -0.160. The highest BCUT2D eigenvalue weighted by Crippen LogP contribution is 2.33. The largest absolute Gasteiger partial charge is 0.405 e. The first kappa shape index (κ1) is 26.1. The maximum absolute atomic E-state index is 13.2. The van der Waals surface area contributed by atoms with Crippen LogP contribution in [0.2, 0.25) is 0 Å². The number of halogens is 6. The second-order valence-electron chi connectivity index (χ2n) is 9.30. The number of nitrogens with zero attached hydrogens (tertiary/aromatic N) is 1. The minimum absolute atomic E-state index is 0.0667. The van der Waals surface area contributed by atoms with Gasteiger partial charge in [-0.2, -0.15) is 13.2 Å². The summed E-state index contributed by atoms with van der Waals surface area (Å²) in [4.78, 5) is 17.4. The van der Waals surface area contributed by atoms with Crippen LogP contribution in [0.3, 0.4) is 0 Å². The zero-order valence-electron chi connectivity index (χ0n) is 18.1. The van der Waals surface area contributed by atoms with Gasteiger partial charge >= 0.3 is 6.18 Å². The lowest BCUT2D eigenvalue weighted by Gasteiger charge is -2.34. The summed E-state index contributed by atoms with van der Waals surface area (Å²) in [5.41, 5.74) is 4.86. The van der Waals surface area contributed by atoms with Gasteiger partial charge in [0.25, 0.3) is 0 Å². The Kier molecular flexibility index (Phi) is 8.86. The summed E-state index contributed by atoms with van der Waals surface area (Å²) in [6, 6.07) is -1.89. The van der Waals surface area contributed by atoms with Crippen molar-refractivity contribution < 1.29 is 18.0 Å². The number of hydrogen-bond acceptors (Lipinski definition) is 4. The molecule has 3 rings (SSSR count). The summed E-state index contributed by atoms with van der Waals surface area (Å²) < 4.78 is 39.7. The normalized spacial score (nSPS) is 41.4. The molecule has 0 radical (unpaired) electrons. The molecule has 0 aromatic rings. The topological polar surface area (TPSA) is 77.6 Å². The zero-order valence-corrected chi connectivity index (χ0v) is 20.3. The molecule has 9 atom stereocenters.